The highest BCUT2D eigenvalue weighted by Gasteiger charge is 2.12. The second-order valence-electron chi connectivity index (χ2n) is 3.72. The Morgan fingerprint density at radius 1 is 1.41 bits per heavy atom. The van der Waals surface area contributed by atoms with E-state index in [2.05, 4.69) is 4.98 Å². The maximum Gasteiger partial charge on any atom is 0.298 e. The number of rotatable bonds is 4. The molecule has 0 fully saturated rings. The lowest BCUT2D eigenvalue weighted by atomic mass is 10.2. The van der Waals surface area contributed by atoms with Crippen molar-refractivity contribution in [1.82, 2.24) is 4.98 Å². The monoisotopic (exact) mass is 233 g/mol. The van der Waals surface area contributed by atoms with Crippen LogP contribution in [0, 0.1) is 0 Å². The van der Waals surface area contributed by atoms with E-state index in [1.54, 1.807) is 18.2 Å². The normalized spacial score (nSPS) is 10.7. The van der Waals surface area contributed by atoms with Crippen molar-refractivity contribution in [2.75, 3.05) is 18.0 Å². The molecule has 0 radical (unpaired) electrons. The van der Waals surface area contributed by atoms with Gasteiger partial charge in [-0.05, 0) is 32.0 Å². The van der Waals surface area contributed by atoms with Crippen LogP contribution in [-0.2, 0) is 0 Å². The van der Waals surface area contributed by atoms with Crippen molar-refractivity contribution in [2.24, 2.45) is 5.73 Å². The van der Waals surface area contributed by atoms with Crippen LogP contribution < -0.4 is 10.6 Å². The number of benzene rings is 1. The van der Waals surface area contributed by atoms with Gasteiger partial charge in [-0.1, -0.05) is 0 Å². The number of nitrogens with zero attached hydrogens (tertiary/aromatic N) is 2. The predicted octanol–water partition coefficient (Wildman–Crippen LogP) is 1.77. The molecule has 0 saturated carbocycles. The van der Waals surface area contributed by atoms with E-state index in [-0.39, 0.29) is 0 Å². The molecule has 0 aliphatic carbocycles. The molecule has 2 aromatic rings. The van der Waals surface area contributed by atoms with E-state index in [0.29, 0.717) is 22.7 Å². The molecule has 2 rings (SSSR count). The summed E-state index contributed by atoms with van der Waals surface area (Å²) in [6, 6.07) is 5.58. The molecule has 0 bridgehead atoms. The molecule has 0 aliphatic heterocycles. The highest BCUT2D eigenvalue weighted by molar-refractivity contribution is 5.96. The van der Waals surface area contributed by atoms with Gasteiger partial charge in [0, 0.05) is 18.7 Å². The number of primary amides is 1. The molecule has 1 amide bonds. The zero-order valence-electron chi connectivity index (χ0n) is 9.93. The number of fused-ring (bicyclic) bond motifs is 1. The van der Waals surface area contributed by atoms with E-state index in [0.717, 1.165) is 13.1 Å². The molecule has 5 nitrogen and oxygen atoms in total. The molecule has 1 heterocycles. The van der Waals surface area contributed by atoms with Crippen molar-refractivity contribution in [3.05, 3.63) is 23.8 Å². The number of hydrogen-bond acceptors (Lipinski definition) is 4. The molecule has 0 unspecified atom stereocenters. The fourth-order valence-corrected chi connectivity index (χ4v) is 1.70. The minimum Gasteiger partial charge on any atom is -0.423 e. The van der Waals surface area contributed by atoms with Gasteiger partial charge in [0.1, 0.15) is 5.52 Å². The number of hydrogen-bond donors (Lipinski definition) is 1. The quantitative estimate of drug-likeness (QED) is 0.873. The van der Waals surface area contributed by atoms with Crippen LogP contribution in [-0.4, -0.2) is 24.0 Å². The molecule has 0 atom stereocenters. The van der Waals surface area contributed by atoms with Crippen molar-refractivity contribution >= 4 is 23.0 Å². The number of aromatic nitrogens is 1. The SMILES string of the molecule is CCN(CC)c1nc2cc(C(N)=O)ccc2o1. The first-order valence-electron chi connectivity index (χ1n) is 5.61. The first-order valence-corrected chi connectivity index (χ1v) is 5.61. The summed E-state index contributed by atoms with van der Waals surface area (Å²) >= 11 is 0. The van der Waals surface area contributed by atoms with Crippen LogP contribution in [0.1, 0.15) is 24.2 Å². The van der Waals surface area contributed by atoms with Gasteiger partial charge >= 0.3 is 0 Å². The Morgan fingerprint density at radius 2 is 2.12 bits per heavy atom. The van der Waals surface area contributed by atoms with E-state index in [9.17, 15) is 4.79 Å². The fraction of sp³-hybridized carbons (Fsp3) is 0.333. The van der Waals surface area contributed by atoms with Gasteiger partial charge in [0.15, 0.2) is 5.58 Å². The van der Waals surface area contributed by atoms with E-state index in [4.69, 9.17) is 10.2 Å². The lowest BCUT2D eigenvalue weighted by Gasteiger charge is -2.14. The van der Waals surface area contributed by atoms with Gasteiger partial charge in [0.25, 0.3) is 6.01 Å². The topological polar surface area (TPSA) is 72.4 Å². The Labute approximate surface area is 99.2 Å². The van der Waals surface area contributed by atoms with Crippen molar-refractivity contribution in [3.8, 4) is 0 Å². The van der Waals surface area contributed by atoms with Crippen molar-refractivity contribution in [1.29, 1.82) is 0 Å². The predicted molar refractivity (Wildman–Crippen MR) is 66.1 cm³/mol. The highest BCUT2D eigenvalue weighted by atomic mass is 16.4. The third kappa shape index (κ3) is 2.08. The molecule has 17 heavy (non-hydrogen) atoms. The van der Waals surface area contributed by atoms with Crippen LogP contribution in [0.3, 0.4) is 0 Å². The average Bonchev–Trinajstić information content (AvgIpc) is 2.72. The Bertz CT molecular complexity index is 544. The minimum atomic E-state index is -0.459. The summed E-state index contributed by atoms with van der Waals surface area (Å²) in [5.41, 5.74) is 6.98. The summed E-state index contributed by atoms with van der Waals surface area (Å²) < 4.78 is 5.61. The third-order valence-electron chi connectivity index (χ3n) is 2.69. The summed E-state index contributed by atoms with van der Waals surface area (Å²) in [4.78, 5) is 17.4. The standard InChI is InChI=1S/C12H15N3O2/c1-3-15(4-2)12-14-9-7-8(11(13)16)5-6-10(9)17-12/h5-7H,3-4H2,1-2H3,(H2,13,16). The van der Waals surface area contributed by atoms with Gasteiger partial charge in [0.2, 0.25) is 5.91 Å². The number of carbonyl (C=O) groups is 1. The van der Waals surface area contributed by atoms with E-state index >= 15 is 0 Å². The molecule has 0 aliphatic rings. The van der Waals surface area contributed by atoms with Gasteiger partial charge < -0.3 is 15.1 Å². The number of oxazole rings is 1. The Kier molecular flexibility index (Phi) is 2.99. The van der Waals surface area contributed by atoms with Gasteiger partial charge in [-0.2, -0.15) is 4.98 Å². The zero-order valence-corrected chi connectivity index (χ0v) is 9.93. The Morgan fingerprint density at radius 3 is 2.71 bits per heavy atom. The molecular formula is C12H15N3O2. The molecule has 90 valence electrons. The second kappa shape index (κ2) is 4.45. The number of nitrogens with two attached hydrogens (primary N) is 1. The first-order chi connectivity index (χ1) is 8.15. The number of amides is 1. The smallest absolute Gasteiger partial charge is 0.298 e. The summed E-state index contributed by atoms with van der Waals surface area (Å²) in [5.74, 6) is -0.459. The zero-order chi connectivity index (χ0) is 12.4. The summed E-state index contributed by atoms with van der Waals surface area (Å²) in [6.07, 6.45) is 0. The largest absolute Gasteiger partial charge is 0.423 e. The van der Waals surface area contributed by atoms with Gasteiger partial charge in [-0.3, -0.25) is 4.79 Å². The molecule has 1 aromatic heterocycles. The van der Waals surface area contributed by atoms with Crippen LogP contribution >= 0.6 is 0 Å². The highest BCUT2D eigenvalue weighted by Crippen LogP contribution is 2.22. The second-order valence-corrected chi connectivity index (χ2v) is 3.72. The van der Waals surface area contributed by atoms with Crippen LogP contribution in [0.25, 0.3) is 11.1 Å². The van der Waals surface area contributed by atoms with Crippen molar-refractivity contribution < 1.29 is 9.21 Å². The van der Waals surface area contributed by atoms with Gasteiger partial charge in [-0.15, -0.1) is 0 Å². The van der Waals surface area contributed by atoms with Crippen LogP contribution in [0.4, 0.5) is 6.01 Å². The Hall–Kier alpha value is -2.04. The lowest BCUT2D eigenvalue weighted by molar-refractivity contribution is 0.100. The average molecular weight is 233 g/mol. The number of anilines is 1. The lowest BCUT2D eigenvalue weighted by Crippen LogP contribution is -2.21. The molecule has 0 spiro atoms. The van der Waals surface area contributed by atoms with Crippen LogP contribution in [0.15, 0.2) is 22.6 Å². The van der Waals surface area contributed by atoms with E-state index in [1.165, 1.54) is 0 Å². The van der Waals surface area contributed by atoms with Gasteiger partial charge in [0.05, 0.1) is 0 Å². The molecule has 0 saturated heterocycles. The van der Waals surface area contributed by atoms with Crippen molar-refractivity contribution in [3.63, 3.8) is 0 Å². The van der Waals surface area contributed by atoms with E-state index < -0.39 is 5.91 Å². The third-order valence-corrected chi connectivity index (χ3v) is 2.69. The minimum absolute atomic E-state index is 0.442. The Balaban J connectivity index is 2.46. The summed E-state index contributed by atoms with van der Waals surface area (Å²) in [6.45, 7) is 5.72. The number of carbonyl (C=O) groups excluding carboxylic acids is 1. The molecule has 5 heteroatoms. The summed E-state index contributed by atoms with van der Waals surface area (Å²) in [5, 5.41) is 0. The maximum atomic E-state index is 11.1. The molecular weight excluding hydrogens is 218 g/mol. The molecule has 2 N–H and O–H groups in total. The molecule has 1 aromatic carbocycles. The van der Waals surface area contributed by atoms with Crippen molar-refractivity contribution in [2.45, 2.75) is 13.8 Å². The fourth-order valence-electron chi connectivity index (χ4n) is 1.70. The van der Waals surface area contributed by atoms with Gasteiger partial charge in [-0.25, -0.2) is 0 Å². The summed E-state index contributed by atoms with van der Waals surface area (Å²) in [7, 11) is 0. The van der Waals surface area contributed by atoms with Crippen LogP contribution in [0.5, 0.6) is 0 Å². The van der Waals surface area contributed by atoms with E-state index in [1.807, 2.05) is 18.7 Å². The van der Waals surface area contributed by atoms with Crippen LogP contribution in [0.2, 0.25) is 0 Å². The maximum absolute atomic E-state index is 11.1. The first kappa shape index (κ1) is 11.4.